The predicted molar refractivity (Wildman–Crippen MR) is 72.7 cm³/mol. The number of rotatable bonds is 6. The Hall–Kier alpha value is -2.24. The number of ether oxygens (including phenoxy) is 2. The Morgan fingerprint density at radius 2 is 2.19 bits per heavy atom. The van der Waals surface area contributed by atoms with E-state index in [2.05, 4.69) is 0 Å². The Kier molecular flexibility index (Phi) is 4.67. The molecule has 0 aliphatic carbocycles. The van der Waals surface area contributed by atoms with E-state index in [0.29, 0.717) is 24.7 Å². The maximum atomic E-state index is 11.8. The molecule has 0 radical (unpaired) electrons. The van der Waals surface area contributed by atoms with Crippen molar-refractivity contribution in [2.45, 2.75) is 19.9 Å². The first-order valence-corrected chi connectivity index (χ1v) is 6.83. The third-order valence-electron chi connectivity index (χ3n) is 3.45. The topological polar surface area (TPSA) is 78.9 Å². The molecule has 1 aliphatic heterocycles. The summed E-state index contributed by atoms with van der Waals surface area (Å²) in [6.45, 7) is 2.96. The molecule has 0 spiro atoms. The summed E-state index contributed by atoms with van der Waals surface area (Å²) < 4.78 is 10.7. The van der Waals surface area contributed by atoms with E-state index in [-0.39, 0.29) is 18.9 Å². The summed E-state index contributed by atoms with van der Waals surface area (Å²) in [4.78, 5) is 24.2. The summed E-state index contributed by atoms with van der Waals surface area (Å²) in [5.41, 5.74) is 0.864. The van der Waals surface area contributed by atoms with E-state index in [4.69, 9.17) is 9.47 Å². The summed E-state index contributed by atoms with van der Waals surface area (Å²) in [6.07, 6.45) is 0.0104. The van der Waals surface area contributed by atoms with E-state index in [0.717, 1.165) is 5.56 Å². The molecule has 6 heteroatoms. The van der Waals surface area contributed by atoms with E-state index in [1.165, 1.54) is 4.90 Å². The predicted octanol–water partition coefficient (Wildman–Crippen LogP) is 0.192. The van der Waals surface area contributed by atoms with Crippen LogP contribution in [0.2, 0.25) is 0 Å². The van der Waals surface area contributed by atoms with Crippen LogP contribution in [-0.2, 0) is 16.1 Å². The third-order valence-corrected chi connectivity index (χ3v) is 3.45. The molecule has 0 unspecified atom stereocenters. The fourth-order valence-electron chi connectivity index (χ4n) is 2.39. The van der Waals surface area contributed by atoms with Gasteiger partial charge in [-0.15, -0.1) is 0 Å². The molecule has 1 amide bonds. The van der Waals surface area contributed by atoms with Gasteiger partial charge in [-0.25, -0.2) is 0 Å². The van der Waals surface area contributed by atoms with Crippen molar-refractivity contribution in [2.24, 2.45) is 5.92 Å². The molecular formula is C15H18NO5-. The SMILES string of the molecule is CCOc1ccc(CN2C[C@H](C(=O)[O-])CC2=O)cc1OC. The highest BCUT2D eigenvalue weighted by atomic mass is 16.5. The van der Waals surface area contributed by atoms with Crippen molar-refractivity contribution in [1.82, 2.24) is 4.90 Å². The zero-order valence-electron chi connectivity index (χ0n) is 12.1. The number of methoxy groups -OCH3 is 1. The van der Waals surface area contributed by atoms with Crippen LogP contribution >= 0.6 is 0 Å². The average Bonchev–Trinajstić information content (AvgIpc) is 2.82. The number of hydrogen-bond donors (Lipinski definition) is 0. The number of amides is 1. The van der Waals surface area contributed by atoms with Crippen LogP contribution in [0.1, 0.15) is 18.9 Å². The number of nitrogens with zero attached hydrogens (tertiary/aromatic N) is 1. The van der Waals surface area contributed by atoms with Gasteiger partial charge in [0, 0.05) is 31.4 Å². The van der Waals surface area contributed by atoms with E-state index < -0.39 is 11.9 Å². The minimum absolute atomic E-state index is 0.0104. The van der Waals surface area contributed by atoms with Gasteiger partial charge >= 0.3 is 0 Å². The minimum Gasteiger partial charge on any atom is -0.550 e. The van der Waals surface area contributed by atoms with Crippen molar-refractivity contribution in [2.75, 3.05) is 20.3 Å². The molecule has 0 bridgehead atoms. The molecule has 6 nitrogen and oxygen atoms in total. The molecule has 1 aromatic carbocycles. The zero-order valence-corrected chi connectivity index (χ0v) is 12.1. The quantitative estimate of drug-likeness (QED) is 0.748. The van der Waals surface area contributed by atoms with Crippen molar-refractivity contribution >= 4 is 11.9 Å². The number of benzene rings is 1. The number of carbonyl (C=O) groups is 2. The fourth-order valence-corrected chi connectivity index (χ4v) is 2.39. The molecule has 114 valence electrons. The average molecular weight is 292 g/mol. The van der Waals surface area contributed by atoms with Crippen molar-refractivity contribution in [3.63, 3.8) is 0 Å². The van der Waals surface area contributed by atoms with Gasteiger partial charge in [-0.05, 0) is 24.6 Å². The summed E-state index contributed by atoms with van der Waals surface area (Å²) >= 11 is 0. The standard InChI is InChI=1S/C15H19NO5/c1-3-21-12-5-4-10(6-13(12)20-2)8-16-9-11(15(18)19)7-14(16)17/h4-6,11H,3,7-9H2,1-2H3,(H,18,19)/p-1/t11-/m1/s1. The molecule has 0 N–H and O–H groups in total. The van der Waals surface area contributed by atoms with E-state index >= 15 is 0 Å². The summed E-state index contributed by atoms with van der Waals surface area (Å²) in [7, 11) is 1.55. The highest BCUT2D eigenvalue weighted by Gasteiger charge is 2.30. The Labute approximate surface area is 123 Å². The number of carboxylic acid groups (broad SMARTS) is 1. The smallest absolute Gasteiger partial charge is 0.223 e. The second-order valence-electron chi connectivity index (χ2n) is 4.91. The van der Waals surface area contributed by atoms with Crippen LogP contribution in [0.3, 0.4) is 0 Å². The molecule has 1 aliphatic rings. The second-order valence-corrected chi connectivity index (χ2v) is 4.91. The molecule has 0 aromatic heterocycles. The van der Waals surface area contributed by atoms with Gasteiger partial charge in [0.15, 0.2) is 11.5 Å². The number of carboxylic acids is 1. The molecule has 1 heterocycles. The molecule has 2 rings (SSSR count). The molecule has 0 saturated carbocycles. The van der Waals surface area contributed by atoms with Gasteiger partial charge in [-0.1, -0.05) is 6.07 Å². The molecular weight excluding hydrogens is 274 g/mol. The van der Waals surface area contributed by atoms with E-state index in [9.17, 15) is 14.7 Å². The summed E-state index contributed by atoms with van der Waals surface area (Å²) in [5, 5.41) is 10.8. The molecule has 1 fully saturated rings. The van der Waals surface area contributed by atoms with Gasteiger partial charge in [0.1, 0.15) is 0 Å². The minimum atomic E-state index is -1.17. The lowest BCUT2D eigenvalue weighted by Crippen LogP contribution is -2.33. The number of hydrogen-bond acceptors (Lipinski definition) is 5. The van der Waals surface area contributed by atoms with Gasteiger partial charge < -0.3 is 24.3 Å². The molecule has 1 atom stereocenters. The maximum absolute atomic E-state index is 11.8. The Morgan fingerprint density at radius 1 is 1.43 bits per heavy atom. The molecule has 1 saturated heterocycles. The van der Waals surface area contributed by atoms with Crippen molar-refractivity contribution in [1.29, 1.82) is 0 Å². The van der Waals surface area contributed by atoms with Gasteiger partial charge in [-0.2, -0.15) is 0 Å². The van der Waals surface area contributed by atoms with Crippen molar-refractivity contribution < 1.29 is 24.2 Å². The summed E-state index contributed by atoms with van der Waals surface area (Å²) in [6, 6.07) is 5.42. The lowest BCUT2D eigenvalue weighted by Gasteiger charge is -2.18. The van der Waals surface area contributed by atoms with Gasteiger partial charge in [-0.3, -0.25) is 4.79 Å². The summed E-state index contributed by atoms with van der Waals surface area (Å²) in [5.74, 6) is -0.823. The number of carbonyl (C=O) groups excluding carboxylic acids is 2. The maximum Gasteiger partial charge on any atom is 0.223 e. The first-order valence-electron chi connectivity index (χ1n) is 6.83. The van der Waals surface area contributed by atoms with Crippen molar-refractivity contribution in [3.8, 4) is 11.5 Å². The van der Waals surface area contributed by atoms with Crippen LogP contribution in [0.5, 0.6) is 11.5 Å². The lowest BCUT2D eigenvalue weighted by molar-refractivity contribution is -0.311. The van der Waals surface area contributed by atoms with Crippen molar-refractivity contribution in [3.05, 3.63) is 23.8 Å². The van der Waals surface area contributed by atoms with Crippen LogP contribution in [0.25, 0.3) is 0 Å². The lowest BCUT2D eigenvalue weighted by atomic mass is 10.1. The Bertz CT molecular complexity index is 543. The third kappa shape index (κ3) is 3.45. The second kappa shape index (κ2) is 6.47. The van der Waals surface area contributed by atoms with Crippen LogP contribution in [0.4, 0.5) is 0 Å². The first-order chi connectivity index (χ1) is 10.0. The first kappa shape index (κ1) is 15.2. The normalized spacial score (nSPS) is 17.9. The highest BCUT2D eigenvalue weighted by Crippen LogP contribution is 2.29. The monoisotopic (exact) mass is 292 g/mol. The molecule has 1 aromatic rings. The molecule has 21 heavy (non-hydrogen) atoms. The number of aliphatic carboxylic acids is 1. The van der Waals surface area contributed by atoms with Crippen LogP contribution in [-0.4, -0.2) is 37.0 Å². The van der Waals surface area contributed by atoms with Gasteiger partial charge in [0.25, 0.3) is 0 Å². The highest BCUT2D eigenvalue weighted by molar-refractivity contribution is 5.85. The Morgan fingerprint density at radius 3 is 2.76 bits per heavy atom. The van der Waals surface area contributed by atoms with E-state index in [1.807, 2.05) is 13.0 Å². The fraction of sp³-hybridized carbons (Fsp3) is 0.467. The Balaban J connectivity index is 2.09. The van der Waals surface area contributed by atoms with Crippen LogP contribution < -0.4 is 14.6 Å². The van der Waals surface area contributed by atoms with Gasteiger partial charge in [0.05, 0.1) is 13.7 Å². The largest absolute Gasteiger partial charge is 0.550 e. The van der Waals surface area contributed by atoms with Crippen LogP contribution in [0.15, 0.2) is 18.2 Å². The van der Waals surface area contributed by atoms with Gasteiger partial charge in [0.2, 0.25) is 5.91 Å². The zero-order chi connectivity index (χ0) is 15.4. The van der Waals surface area contributed by atoms with E-state index in [1.54, 1.807) is 19.2 Å². The van der Waals surface area contributed by atoms with Crippen LogP contribution in [0, 0.1) is 5.92 Å². The number of likely N-dealkylation sites (tertiary alicyclic amines) is 1.